The average molecular weight is 452 g/mol. The maximum absolute atomic E-state index is 9.83. The van der Waals surface area contributed by atoms with Gasteiger partial charge in [0, 0.05) is 49.6 Å². The van der Waals surface area contributed by atoms with Gasteiger partial charge in [0.05, 0.1) is 0 Å². The summed E-state index contributed by atoms with van der Waals surface area (Å²) in [5, 5.41) is 37.9. The Morgan fingerprint density at radius 2 is 0.517 bits per heavy atom. The Bertz CT molecular complexity index is 443. The number of carboxylic acids is 4. The van der Waals surface area contributed by atoms with E-state index in [-0.39, 0.29) is 44.9 Å². The minimum absolute atomic E-state index is 0. The minimum Gasteiger partial charge on any atom is -0.550 e. The standard InChI is InChI=1S/4C4H6O3.Ti/c4*1-3(5)2-4(6)7;/h4*2H2,1H3,(H,6,7);/q;;;;+4/p-4. The summed E-state index contributed by atoms with van der Waals surface area (Å²) in [5.41, 5.74) is 0. The number of carboxylic acid groups (broad SMARTS) is 4. The van der Waals surface area contributed by atoms with Crippen LogP contribution in [0, 0.1) is 0 Å². The van der Waals surface area contributed by atoms with E-state index in [2.05, 4.69) is 0 Å². The first-order valence-electron chi connectivity index (χ1n) is 7.28. The normalized spacial score (nSPS) is 7.86. The van der Waals surface area contributed by atoms with Crippen molar-refractivity contribution in [2.75, 3.05) is 0 Å². The van der Waals surface area contributed by atoms with Gasteiger partial charge in [-0.15, -0.1) is 0 Å². The third-order valence-corrected chi connectivity index (χ3v) is 1.57. The fourth-order valence-electron chi connectivity index (χ4n) is 0.813. The molecule has 160 valence electrons. The summed E-state index contributed by atoms with van der Waals surface area (Å²) in [4.78, 5) is 77.2. The molecule has 0 aliphatic carbocycles. The van der Waals surface area contributed by atoms with E-state index in [9.17, 15) is 58.8 Å². The van der Waals surface area contributed by atoms with Crippen molar-refractivity contribution in [2.45, 2.75) is 53.4 Å². The second kappa shape index (κ2) is 23.3. The maximum atomic E-state index is 9.83. The quantitative estimate of drug-likeness (QED) is 0.249. The van der Waals surface area contributed by atoms with Gasteiger partial charge in [-0.1, -0.05) is 0 Å². The van der Waals surface area contributed by atoms with Gasteiger partial charge in [0.25, 0.3) is 0 Å². The number of carbonyl (C=O) groups excluding carboxylic acids is 8. The third kappa shape index (κ3) is 77.7. The molecule has 0 aromatic heterocycles. The van der Waals surface area contributed by atoms with Crippen LogP contribution in [0.5, 0.6) is 0 Å². The molecule has 0 N–H and O–H groups in total. The Balaban J connectivity index is -0.0000000873. The predicted molar refractivity (Wildman–Crippen MR) is 81.2 cm³/mol. The van der Waals surface area contributed by atoms with Gasteiger partial charge in [-0.05, 0) is 27.7 Å². The van der Waals surface area contributed by atoms with Crippen LogP contribution < -0.4 is 20.4 Å². The van der Waals surface area contributed by atoms with E-state index in [4.69, 9.17) is 0 Å². The van der Waals surface area contributed by atoms with Crippen LogP contribution in [0.1, 0.15) is 53.4 Å². The van der Waals surface area contributed by atoms with Gasteiger partial charge in [-0.3, -0.25) is 19.2 Å². The summed E-state index contributed by atoms with van der Waals surface area (Å²) < 4.78 is 0. The molecule has 0 radical (unpaired) electrons. The molecule has 13 heteroatoms. The van der Waals surface area contributed by atoms with Gasteiger partial charge in [-0.2, -0.15) is 0 Å². The molecule has 0 atom stereocenters. The summed E-state index contributed by atoms with van der Waals surface area (Å²) in [7, 11) is 0. The van der Waals surface area contributed by atoms with E-state index in [0.29, 0.717) is 0 Å². The number of ketones is 4. The van der Waals surface area contributed by atoms with E-state index in [1.165, 1.54) is 27.7 Å². The zero-order valence-corrected chi connectivity index (χ0v) is 17.8. The van der Waals surface area contributed by atoms with Crippen molar-refractivity contribution in [2.24, 2.45) is 0 Å². The van der Waals surface area contributed by atoms with Crippen LogP contribution in [-0.2, 0) is 60.1 Å². The Hall–Kier alpha value is -2.73. The molecule has 0 aliphatic heterocycles. The monoisotopic (exact) mass is 452 g/mol. The molecular formula is C16H20O12Ti. The van der Waals surface area contributed by atoms with Crippen LogP contribution in [0.3, 0.4) is 0 Å². The zero-order chi connectivity index (χ0) is 23.4. The van der Waals surface area contributed by atoms with Gasteiger partial charge >= 0.3 is 21.7 Å². The van der Waals surface area contributed by atoms with Crippen LogP contribution in [0.25, 0.3) is 0 Å². The van der Waals surface area contributed by atoms with Crippen molar-refractivity contribution in [1.29, 1.82) is 0 Å². The first kappa shape index (κ1) is 37.1. The second-order valence-electron chi connectivity index (χ2n) is 5.00. The minimum atomic E-state index is -1.31. The number of rotatable bonds is 8. The van der Waals surface area contributed by atoms with E-state index in [1.54, 1.807) is 0 Å². The van der Waals surface area contributed by atoms with E-state index >= 15 is 0 Å². The summed E-state index contributed by atoms with van der Waals surface area (Å²) in [5.74, 6) is -6.75. The van der Waals surface area contributed by atoms with Gasteiger partial charge in [0.15, 0.2) is 0 Å². The van der Waals surface area contributed by atoms with Crippen molar-refractivity contribution < 1.29 is 80.5 Å². The molecule has 0 rings (SSSR count). The van der Waals surface area contributed by atoms with Crippen molar-refractivity contribution in [3.63, 3.8) is 0 Å². The van der Waals surface area contributed by atoms with Crippen molar-refractivity contribution in [3.05, 3.63) is 0 Å². The zero-order valence-electron chi connectivity index (χ0n) is 16.2. The number of Topliss-reactive ketones (excluding diaryl/α,β-unsaturated/α-hetero) is 4. The third-order valence-electron chi connectivity index (χ3n) is 1.57. The summed E-state index contributed by atoms with van der Waals surface area (Å²) in [6.07, 6.45) is -1.89. The molecule has 0 aliphatic rings. The molecule has 0 unspecified atom stereocenters. The number of hydrogen-bond donors (Lipinski definition) is 0. The summed E-state index contributed by atoms with van der Waals surface area (Å²) in [6.45, 7) is 4.82. The fraction of sp³-hybridized carbons (Fsp3) is 0.500. The molecule has 0 spiro atoms. The molecule has 0 amide bonds. The van der Waals surface area contributed by atoms with Gasteiger partial charge < -0.3 is 39.6 Å². The maximum Gasteiger partial charge on any atom is 4.00 e. The van der Waals surface area contributed by atoms with Crippen LogP contribution in [0.2, 0.25) is 0 Å². The molecule has 0 aromatic rings. The van der Waals surface area contributed by atoms with E-state index < -0.39 is 49.6 Å². The molecule has 0 fully saturated rings. The Labute approximate surface area is 181 Å². The van der Waals surface area contributed by atoms with Gasteiger partial charge in [0.2, 0.25) is 0 Å². The molecule has 0 bridgehead atoms. The van der Waals surface area contributed by atoms with E-state index in [1.807, 2.05) is 0 Å². The average Bonchev–Trinajstić information content (AvgIpc) is 2.32. The first-order chi connectivity index (χ1) is 12.5. The smallest absolute Gasteiger partial charge is 0.550 e. The van der Waals surface area contributed by atoms with E-state index in [0.717, 1.165) is 0 Å². The van der Waals surface area contributed by atoms with Crippen molar-refractivity contribution in [1.82, 2.24) is 0 Å². The molecule has 0 aromatic carbocycles. The molecular weight excluding hydrogens is 432 g/mol. The topological polar surface area (TPSA) is 229 Å². The summed E-state index contributed by atoms with van der Waals surface area (Å²) >= 11 is 0. The summed E-state index contributed by atoms with van der Waals surface area (Å²) in [6, 6.07) is 0. The number of carbonyl (C=O) groups is 8. The Kier molecular flexibility index (Phi) is 29.8. The van der Waals surface area contributed by atoms with Crippen molar-refractivity contribution in [3.8, 4) is 0 Å². The second-order valence-corrected chi connectivity index (χ2v) is 5.00. The SMILES string of the molecule is CC(=O)CC(=O)[O-].CC(=O)CC(=O)[O-].CC(=O)CC(=O)[O-].CC(=O)CC(=O)[O-].[Ti+4]. The molecule has 0 saturated heterocycles. The number of aliphatic carboxylic acids is 4. The Morgan fingerprint density at radius 3 is 0.517 bits per heavy atom. The van der Waals surface area contributed by atoms with Crippen LogP contribution >= 0.6 is 0 Å². The van der Waals surface area contributed by atoms with Gasteiger partial charge in [0.1, 0.15) is 23.1 Å². The molecule has 0 heterocycles. The van der Waals surface area contributed by atoms with Gasteiger partial charge in [-0.25, -0.2) is 0 Å². The van der Waals surface area contributed by atoms with Crippen molar-refractivity contribution >= 4 is 47.0 Å². The largest absolute Gasteiger partial charge is 4.00 e. The Morgan fingerprint density at radius 1 is 0.414 bits per heavy atom. The fourth-order valence-corrected chi connectivity index (χ4v) is 0.813. The molecule has 12 nitrogen and oxygen atoms in total. The van der Waals surface area contributed by atoms with Crippen LogP contribution in [0.15, 0.2) is 0 Å². The van der Waals surface area contributed by atoms with Crippen LogP contribution in [-0.4, -0.2) is 47.0 Å². The first-order valence-corrected chi connectivity index (χ1v) is 7.28. The molecule has 0 saturated carbocycles. The van der Waals surface area contributed by atoms with Crippen LogP contribution in [0.4, 0.5) is 0 Å². The molecule has 29 heavy (non-hydrogen) atoms. The number of hydrogen-bond acceptors (Lipinski definition) is 12. The predicted octanol–water partition coefficient (Wildman–Crippen LogP) is -5.14.